The molecule has 0 saturated carbocycles. The van der Waals surface area contributed by atoms with Crippen LogP contribution in [0.2, 0.25) is 0 Å². The summed E-state index contributed by atoms with van der Waals surface area (Å²) >= 11 is 6.94. The van der Waals surface area contributed by atoms with Crippen molar-refractivity contribution in [1.82, 2.24) is 4.57 Å². The highest BCUT2D eigenvalue weighted by Gasteiger charge is 2.03. The Morgan fingerprint density at radius 1 is 1.40 bits per heavy atom. The lowest BCUT2D eigenvalue weighted by atomic mass is 10.3. The van der Waals surface area contributed by atoms with E-state index in [0.717, 1.165) is 17.0 Å². The van der Waals surface area contributed by atoms with Crippen LogP contribution < -0.4 is 0 Å². The van der Waals surface area contributed by atoms with Gasteiger partial charge in [0.05, 0.1) is 10.2 Å². The SMILES string of the molecule is CCCOCn1c(=S)sc2ccccc21. The Morgan fingerprint density at radius 3 is 3.00 bits per heavy atom. The van der Waals surface area contributed by atoms with Gasteiger partial charge in [0.25, 0.3) is 0 Å². The van der Waals surface area contributed by atoms with Gasteiger partial charge in [0.2, 0.25) is 0 Å². The molecular formula is C11H13NOS2. The van der Waals surface area contributed by atoms with Crippen LogP contribution in [-0.2, 0) is 11.5 Å². The number of benzene rings is 1. The Kier molecular flexibility index (Phi) is 3.51. The van der Waals surface area contributed by atoms with Crippen LogP contribution in [0.1, 0.15) is 13.3 Å². The van der Waals surface area contributed by atoms with Gasteiger partial charge in [-0.1, -0.05) is 19.1 Å². The molecule has 0 bridgehead atoms. The minimum absolute atomic E-state index is 0.566. The predicted octanol–water partition coefficient (Wildman–Crippen LogP) is 3.82. The summed E-state index contributed by atoms with van der Waals surface area (Å²) in [6.45, 7) is 3.45. The third-order valence-corrected chi connectivity index (χ3v) is 3.57. The fourth-order valence-electron chi connectivity index (χ4n) is 1.44. The van der Waals surface area contributed by atoms with Crippen molar-refractivity contribution in [2.45, 2.75) is 20.1 Å². The molecule has 1 aromatic carbocycles. The molecule has 0 fully saturated rings. The number of hydrogen-bond acceptors (Lipinski definition) is 3. The van der Waals surface area contributed by atoms with Gasteiger partial charge < -0.3 is 4.74 Å². The molecule has 0 unspecified atom stereocenters. The van der Waals surface area contributed by atoms with E-state index < -0.39 is 0 Å². The summed E-state index contributed by atoms with van der Waals surface area (Å²) in [6, 6.07) is 8.23. The maximum Gasteiger partial charge on any atom is 0.164 e. The first-order valence-electron chi connectivity index (χ1n) is 4.99. The summed E-state index contributed by atoms with van der Waals surface area (Å²) in [5, 5.41) is 0. The van der Waals surface area contributed by atoms with Crippen LogP contribution >= 0.6 is 23.6 Å². The van der Waals surface area contributed by atoms with Gasteiger partial charge in [0, 0.05) is 6.61 Å². The summed E-state index contributed by atoms with van der Waals surface area (Å²) in [6.07, 6.45) is 1.04. The molecule has 4 heteroatoms. The lowest BCUT2D eigenvalue weighted by Gasteiger charge is -2.04. The highest BCUT2D eigenvalue weighted by Crippen LogP contribution is 2.22. The molecule has 0 atom stereocenters. The summed E-state index contributed by atoms with van der Waals surface area (Å²) in [4.78, 5) is 0. The molecular weight excluding hydrogens is 226 g/mol. The number of hydrogen-bond donors (Lipinski definition) is 0. The number of fused-ring (bicyclic) bond motifs is 1. The zero-order valence-corrected chi connectivity index (χ0v) is 10.2. The highest BCUT2D eigenvalue weighted by molar-refractivity contribution is 7.73. The van der Waals surface area contributed by atoms with E-state index in [2.05, 4.69) is 19.1 Å². The molecule has 0 radical (unpaired) electrons. The van der Waals surface area contributed by atoms with E-state index in [0.29, 0.717) is 6.73 Å². The molecule has 1 heterocycles. The molecule has 0 aliphatic carbocycles. The third kappa shape index (κ3) is 2.27. The van der Waals surface area contributed by atoms with Crippen LogP contribution in [0.15, 0.2) is 24.3 Å². The first-order chi connectivity index (χ1) is 7.33. The molecule has 2 rings (SSSR count). The molecule has 0 aliphatic heterocycles. The second-order valence-electron chi connectivity index (χ2n) is 3.30. The van der Waals surface area contributed by atoms with Gasteiger partial charge in [-0.2, -0.15) is 0 Å². The molecule has 0 N–H and O–H groups in total. The van der Waals surface area contributed by atoms with Crippen LogP contribution in [0.3, 0.4) is 0 Å². The third-order valence-electron chi connectivity index (χ3n) is 2.14. The molecule has 0 aliphatic rings. The van der Waals surface area contributed by atoms with Crippen LogP contribution in [0.5, 0.6) is 0 Å². The van der Waals surface area contributed by atoms with Gasteiger partial charge in [-0.05, 0) is 30.8 Å². The fraction of sp³-hybridized carbons (Fsp3) is 0.364. The minimum Gasteiger partial charge on any atom is -0.361 e. The van der Waals surface area contributed by atoms with Gasteiger partial charge in [-0.25, -0.2) is 0 Å². The summed E-state index contributed by atoms with van der Waals surface area (Å²) < 4.78 is 9.67. The molecule has 15 heavy (non-hydrogen) atoms. The Balaban J connectivity index is 2.33. The van der Waals surface area contributed by atoms with Crippen molar-refractivity contribution in [1.29, 1.82) is 0 Å². The fourth-order valence-corrected chi connectivity index (χ4v) is 2.74. The number of nitrogens with zero attached hydrogens (tertiary/aromatic N) is 1. The summed E-state index contributed by atoms with van der Waals surface area (Å²) in [5.41, 5.74) is 1.17. The Labute approximate surface area is 98.1 Å². The van der Waals surface area contributed by atoms with Gasteiger partial charge in [0.15, 0.2) is 3.95 Å². The van der Waals surface area contributed by atoms with Gasteiger partial charge in [0.1, 0.15) is 6.73 Å². The van der Waals surface area contributed by atoms with Crippen molar-refractivity contribution in [3.63, 3.8) is 0 Å². The summed E-state index contributed by atoms with van der Waals surface area (Å²) in [7, 11) is 0. The number of rotatable bonds is 4. The van der Waals surface area contributed by atoms with Crippen molar-refractivity contribution in [3.8, 4) is 0 Å². The van der Waals surface area contributed by atoms with Crippen molar-refractivity contribution in [2.75, 3.05) is 6.61 Å². The van der Waals surface area contributed by atoms with E-state index in [-0.39, 0.29) is 0 Å². The smallest absolute Gasteiger partial charge is 0.164 e. The molecule has 2 aromatic rings. The van der Waals surface area contributed by atoms with Crippen molar-refractivity contribution >= 4 is 33.8 Å². The zero-order valence-electron chi connectivity index (χ0n) is 8.60. The van der Waals surface area contributed by atoms with E-state index in [1.807, 2.05) is 16.7 Å². The molecule has 2 nitrogen and oxygen atoms in total. The highest BCUT2D eigenvalue weighted by atomic mass is 32.1. The Hall–Kier alpha value is -0.710. The lowest BCUT2D eigenvalue weighted by Crippen LogP contribution is -2.02. The number of ether oxygens (including phenoxy) is 1. The average Bonchev–Trinajstić information content (AvgIpc) is 2.56. The maximum atomic E-state index is 5.52. The molecule has 0 amide bonds. The van der Waals surface area contributed by atoms with E-state index in [1.165, 1.54) is 10.2 Å². The maximum absolute atomic E-state index is 5.52. The van der Waals surface area contributed by atoms with Gasteiger partial charge in [-0.3, -0.25) is 4.57 Å². The first-order valence-corrected chi connectivity index (χ1v) is 6.21. The minimum atomic E-state index is 0.566. The van der Waals surface area contributed by atoms with Crippen molar-refractivity contribution in [2.24, 2.45) is 0 Å². The molecule has 0 saturated heterocycles. The monoisotopic (exact) mass is 239 g/mol. The van der Waals surface area contributed by atoms with Crippen molar-refractivity contribution in [3.05, 3.63) is 28.2 Å². The van der Waals surface area contributed by atoms with E-state index in [1.54, 1.807) is 11.3 Å². The average molecular weight is 239 g/mol. The molecule has 0 spiro atoms. The second-order valence-corrected chi connectivity index (χ2v) is 4.98. The van der Waals surface area contributed by atoms with E-state index in [4.69, 9.17) is 17.0 Å². The van der Waals surface area contributed by atoms with Gasteiger partial charge in [-0.15, -0.1) is 11.3 Å². The van der Waals surface area contributed by atoms with Crippen molar-refractivity contribution < 1.29 is 4.74 Å². The summed E-state index contributed by atoms with van der Waals surface area (Å²) in [5.74, 6) is 0. The normalized spacial score (nSPS) is 11.0. The largest absolute Gasteiger partial charge is 0.361 e. The second kappa shape index (κ2) is 4.88. The topological polar surface area (TPSA) is 14.2 Å². The van der Waals surface area contributed by atoms with Gasteiger partial charge >= 0.3 is 0 Å². The van der Waals surface area contributed by atoms with E-state index >= 15 is 0 Å². The van der Waals surface area contributed by atoms with Crippen LogP contribution in [-0.4, -0.2) is 11.2 Å². The zero-order chi connectivity index (χ0) is 10.7. The number of thiazole rings is 1. The van der Waals surface area contributed by atoms with Crippen LogP contribution in [0.4, 0.5) is 0 Å². The lowest BCUT2D eigenvalue weighted by molar-refractivity contribution is 0.0800. The standard InChI is InChI=1S/C11H13NOS2/c1-2-7-13-8-12-9-5-3-4-6-10(9)15-11(12)14/h3-6H,2,7-8H2,1H3. The molecule has 80 valence electrons. The Bertz CT molecular complexity index is 501. The first kappa shape index (κ1) is 10.8. The van der Waals surface area contributed by atoms with E-state index in [9.17, 15) is 0 Å². The number of para-hydroxylation sites is 1. The van der Waals surface area contributed by atoms with Crippen LogP contribution in [0.25, 0.3) is 10.2 Å². The Morgan fingerprint density at radius 2 is 2.20 bits per heavy atom. The van der Waals surface area contributed by atoms with Crippen LogP contribution in [0, 0.1) is 3.95 Å². The predicted molar refractivity (Wildman–Crippen MR) is 66.9 cm³/mol. The number of aromatic nitrogens is 1. The molecule has 1 aromatic heterocycles. The quantitative estimate of drug-likeness (QED) is 0.595.